The molecule has 1 aliphatic rings. The largest absolute Gasteiger partial charge is 0.478 e. The van der Waals surface area contributed by atoms with E-state index in [-0.39, 0.29) is 48.9 Å². The highest BCUT2D eigenvalue weighted by molar-refractivity contribution is 5.81. The summed E-state index contributed by atoms with van der Waals surface area (Å²) in [5.74, 6) is 0.460. The molecule has 0 aliphatic carbocycles. The van der Waals surface area contributed by atoms with Gasteiger partial charge in [-0.05, 0) is 57.4 Å². The summed E-state index contributed by atoms with van der Waals surface area (Å²) in [4.78, 5) is 18.1. The van der Waals surface area contributed by atoms with Gasteiger partial charge in [0.25, 0.3) is 0 Å². The average molecular weight is 467 g/mol. The summed E-state index contributed by atoms with van der Waals surface area (Å²) >= 11 is 0. The summed E-state index contributed by atoms with van der Waals surface area (Å²) in [6.45, 7) is 9.28. The Hall–Kier alpha value is -2.75. The van der Waals surface area contributed by atoms with Crippen molar-refractivity contribution in [3.8, 4) is 5.88 Å². The molecule has 2 aromatic rings. The van der Waals surface area contributed by atoms with E-state index in [1.54, 1.807) is 6.92 Å². The number of carbonyl (C=O) groups excluding carboxylic acids is 1. The highest BCUT2D eigenvalue weighted by Crippen LogP contribution is 2.30. The Balaban J connectivity index is 1.63. The van der Waals surface area contributed by atoms with Crippen LogP contribution in [0.15, 0.2) is 18.2 Å². The van der Waals surface area contributed by atoms with Crippen LogP contribution in [0.1, 0.15) is 49.7 Å². The molecule has 0 aromatic carbocycles. The number of hydrogen-bond donors (Lipinski definition) is 0. The minimum atomic E-state index is -4.62. The van der Waals surface area contributed by atoms with Gasteiger partial charge in [0.15, 0.2) is 5.82 Å². The first-order valence-electron chi connectivity index (χ1n) is 11.0. The number of ether oxygens (including phenoxy) is 2. The van der Waals surface area contributed by atoms with E-state index >= 15 is 0 Å². The number of pyridine rings is 1. The van der Waals surface area contributed by atoms with E-state index in [0.29, 0.717) is 12.1 Å². The lowest BCUT2D eigenvalue weighted by atomic mass is 10.0. The molecular formula is C23H29F3N4O3. The molecule has 0 N–H and O–H groups in total. The number of Topliss-reactive ketones (excluding diaryl/α,β-unsaturated/α-hetero) is 1. The van der Waals surface area contributed by atoms with Crippen LogP contribution in [0.3, 0.4) is 0 Å². The molecule has 2 atom stereocenters. The van der Waals surface area contributed by atoms with Crippen molar-refractivity contribution in [1.29, 1.82) is 0 Å². The monoisotopic (exact) mass is 466 g/mol. The molecule has 33 heavy (non-hydrogen) atoms. The van der Waals surface area contributed by atoms with Crippen molar-refractivity contribution >= 4 is 11.6 Å². The molecular weight excluding hydrogens is 437 g/mol. The van der Waals surface area contributed by atoms with Gasteiger partial charge in [-0.25, -0.2) is 4.98 Å². The Kier molecular flexibility index (Phi) is 7.88. The maximum atomic E-state index is 13.1. The summed E-state index contributed by atoms with van der Waals surface area (Å²) in [5.41, 5.74) is 0.776. The molecule has 180 valence electrons. The van der Waals surface area contributed by atoms with E-state index in [1.807, 2.05) is 26.8 Å². The van der Waals surface area contributed by atoms with Crippen LogP contribution in [0.25, 0.3) is 0 Å². The van der Waals surface area contributed by atoms with Crippen LogP contribution in [0, 0.1) is 6.92 Å². The van der Waals surface area contributed by atoms with Gasteiger partial charge in [-0.15, -0.1) is 5.10 Å². The van der Waals surface area contributed by atoms with E-state index in [0.717, 1.165) is 30.5 Å². The molecule has 0 spiro atoms. The van der Waals surface area contributed by atoms with E-state index in [2.05, 4.69) is 20.1 Å². The second-order valence-corrected chi connectivity index (χ2v) is 8.35. The summed E-state index contributed by atoms with van der Waals surface area (Å²) in [5, 5.41) is 8.63. The smallest absolute Gasteiger partial charge is 0.433 e. The van der Waals surface area contributed by atoms with Crippen molar-refractivity contribution in [1.82, 2.24) is 15.2 Å². The lowest BCUT2D eigenvalue weighted by Crippen LogP contribution is -2.46. The van der Waals surface area contributed by atoms with Crippen molar-refractivity contribution in [2.75, 3.05) is 24.6 Å². The Morgan fingerprint density at radius 3 is 2.48 bits per heavy atom. The second kappa shape index (κ2) is 10.5. The van der Waals surface area contributed by atoms with Gasteiger partial charge in [-0.2, -0.15) is 18.3 Å². The number of alkyl halides is 3. The van der Waals surface area contributed by atoms with Crippen LogP contribution < -0.4 is 9.64 Å². The topological polar surface area (TPSA) is 77.4 Å². The molecule has 2 unspecified atom stereocenters. The minimum absolute atomic E-state index is 0.0986. The van der Waals surface area contributed by atoms with E-state index in [4.69, 9.17) is 9.47 Å². The zero-order valence-electron chi connectivity index (χ0n) is 19.3. The van der Waals surface area contributed by atoms with Gasteiger partial charge in [-0.3, -0.25) is 4.79 Å². The number of morpholine rings is 1. The number of carbonyl (C=O) groups is 1. The zero-order chi connectivity index (χ0) is 24.2. The lowest BCUT2D eigenvalue weighted by molar-refractivity contribution is -0.141. The second-order valence-electron chi connectivity index (χ2n) is 8.35. The fourth-order valence-electron chi connectivity index (χ4n) is 3.93. The summed E-state index contributed by atoms with van der Waals surface area (Å²) in [6.07, 6.45) is -4.05. The van der Waals surface area contributed by atoms with Crippen molar-refractivity contribution in [2.45, 2.75) is 65.3 Å². The first-order chi connectivity index (χ1) is 15.5. The van der Waals surface area contributed by atoms with Gasteiger partial charge < -0.3 is 14.4 Å². The fraction of sp³-hybridized carbons (Fsp3) is 0.565. The number of rotatable bonds is 8. The van der Waals surface area contributed by atoms with Crippen LogP contribution in [0.4, 0.5) is 19.0 Å². The Bertz CT molecular complexity index is 974. The maximum absolute atomic E-state index is 13.1. The predicted octanol–water partition coefficient (Wildman–Crippen LogP) is 3.96. The molecule has 1 aliphatic heterocycles. The molecule has 1 fully saturated rings. The van der Waals surface area contributed by atoms with E-state index in [1.165, 1.54) is 6.07 Å². The standard InChI is InChI=1S/C23H29F3N4O3/c1-5-32-21-11-17(10-20(27-21)23(24,25)26)9-19(31)7-6-18-8-14(2)22(29-28-18)30-12-15(3)33-16(4)13-30/h8,10-11,15-16H,5-7,9,12-13H2,1-4H3. The Morgan fingerprint density at radius 2 is 1.88 bits per heavy atom. The van der Waals surface area contributed by atoms with Gasteiger partial charge >= 0.3 is 6.18 Å². The number of ketones is 1. The summed E-state index contributed by atoms with van der Waals surface area (Å²) < 4.78 is 50.2. The molecule has 0 radical (unpaired) electrons. The number of nitrogens with zero attached hydrogens (tertiary/aromatic N) is 4. The number of anilines is 1. The highest BCUT2D eigenvalue weighted by atomic mass is 19.4. The molecule has 3 heterocycles. The summed E-state index contributed by atoms with van der Waals surface area (Å²) in [7, 11) is 0. The molecule has 0 amide bonds. The summed E-state index contributed by atoms with van der Waals surface area (Å²) in [6, 6.07) is 4.17. The van der Waals surface area contributed by atoms with Gasteiger partial charge in [0.2, 0.25) is 5.88 Å². The maximum Gasteiger partial charge on any atom is 0.433 e. The van der Waals surface area contributed by atoms with Gasteiger partial charge in [0, 0.05) is 32.0 Å². The van der Waals surface area contributed by atoms with Crippen LogP contribution in [-0.4, -0.2) is 52.9 Å². The molecule has 0 saturated carbocycles. The quantitative estimate of drug-likeness (QED) is 0.583. The van der Waals surface area contributed by atoms with Crippen LogP contribution >= 0.6 is 0 Å². The van der Waals surface area contributed by atoms with Crippen LogP contribution in [0.2, 0.25) is 0 Å². The van der Waals surface area contributed by atoms with E-state index < -0.39 is 11.9 Å². The fourth-order valence-corrected chi connectivity index (χ4v) is 3.93. The third kappa shape index (κ3) is 6.86. The first kappa shape index (κ1) is 24.9. The van der Waals surface area contributed by atoms with Gasteiger partial charge in [-0.1, -0.05) is 0 Å². The molecule has 7 nitrogen and oxygen atoms in total. The molecule has 1 saturated heterocycles. The first-order valence-corrected chi connectivity index (χ1v) is 11.0. The Labute approximate surface area is 191 Å². The van der Waals surface area contributed by atoms with Gasteiger partial charge in [0.1, 0.15) is 11.5 Å². The van der Waals surface area contributed by atoms with Crippen molar-refractivity contribution < 1.29 is 27.4 Å². The predicted molar refractivity (Wildman–Crippen MR) is 116 cm³/mol. The SMILES string of the molecule is CCOc1cc(CC(=O)CCc2cc(C)c(N3CC(C)OC(C)C3)nn2)cc(C(F)(F)F)n1. The number of halogens is 3. The minimum Gasteiger partial charge on any atom is -0.478 e. The third-order valence-corrected chi connectivity index (χ3v) is 5.23. The van der Waals surface area contributed by atoms with Crippen molar-refractivity contribution in [3.63, 3.8) is 0 Å². The van der Waals surface area contributed by atoms with Crippen LogP contribution in [-0.2, 0) is 28.5 Å². The normalized spacial score (nSPS) is 18.9. The number of aromatic nitrogens is 3. The highest BCUT2D eigenvalue weighted by Gasteiger charge is 2.33. The van der Waals surface area contributed by atoms with Crippen molar-refractivity contribution in [2.24, 2.45) is 0 Å². The molecule has 2 aromatic heterocycles. The average Bonchev–Trinajstić information content (AvgIpc) is 2.71. The number of hydrogen-bond acceptors (Lipinski definition) is 7. The third-order valence-electron chi connectivity index (χ3n) is 5.23. The Morgan fingerprint density at radius 1 is 1.18 bits per heavy atom. The molecule has 3 rings (SSSR count). The number of aryl methyl sites for hydroxylation is 2. The van der Waals surface area contributed by atoms with E-state index in [9.17, 15) is 18.0 Å². The molecule has 0 bridgehead atoms. The molecule has 10 heteroatoms. The lowest BCUT2D eigenvalue weighted by Gasteiger charge is -2.36. The zero-order valence-corrected chi connectivity index (χ0v) is 19.3. The van der Waals surface area contributed by atoms with Crippen molar-refractivity contribution in [3.05, 3.63) is 40.7 Å². The van der Waals surface area contributed by atoms with Crippen LogP contribution in [0.5, 0.6) is 5.88 Å². The van der Waals surface area contributed by atoms with Gasteiger partial charge in [0.05, 0.1) is 24.5 Å².